The SMILES string of the molecule is Cc1ccc2sc(NCCC(=O)NC(C)(C)C)nc2c1. The second-order valence-corrected chi connectivity index (χ2v) is 7.00. The molecule has 1 aromatic heterocycles. The van der Waals surface area contributed by atoms with Crippen molar-refractivity contribution >= 4 is 32.6 Å². The minimum Gasteiger partial charge on any atom is -0.361 e. The molecule has 0 saturated heterocycles. The van der Waals surface area contributed by atoms with E-state index < -0.39 is 0 Å². The van der Waals surface area contributed by atoms with Gasteiger partial charge < -0.3 is 10.6 Å². The van der Waals surface area contributed by atoms with Crippen molar-refractivity contribution in [3.05, 3.63) is 23.8 Å². The van der Waals surface area contributed by atoms with Gasteiger partial charge in [0.1, 0.15) is 0 Å². The van der Waals surface area contributed by atoms with Gasteiger partial charge in [0.15, 0.2) is 5.13 Å². The molecule has 1 aromatic carbocycles. The fraction of sp³-hybridized carbons (Fsp3) is 0.467. The first kappa shape index (κ1) is 14.8. The van der Waals surface area contributed by atoms with Crippen LogP contribution in [0.4, 0.5) is 5.13 Å². The van der Waals surface area contributed by atoms with Gasteiger partial charge in [0, 0.05) is 18.5 Å². The van der Waals surface area contributed by atoms with Crippen molar-refractivity contribution in [2.24, 2.45) is 0 Å². The summed E-state index contributed by atoms with van der Waals surface area (Å²) in [5.41, 5.74) is 2.04. The normalized spacial score (nSPS) is 11.6. The Morgan fingerprint density at radius 2 is 2.10 bits per heavy atom. The molecule has 0 aliphatic carbocycles. The van der Waals surface area contributed by atoms with Crippen molar-refractivity contribution in [1.82, 2.24) is 10.3 Å². The lowest BCUT2D eigenvalue weighted by atomic mass is 10.1. The van der Waals surface area contributed by atoms with Crippen LogP contribution in [0.2, 0.25) is 0 Å². The van der Waals surface area contributed by atoms with Gasteiger partial charge in [-0.05, 0) is 45.4 Å². The predicted octanol–water partition coefficient (Wildman–Crippen LogP) is 3.32. The molecule has 20 heavy (non-hydrogen) atoms. The molecule has 0 aliphatic rings. The number of carbonyl (C=O) groups is 1. The van der Waals surface area contributed by atoms with Crippen LogP contribution in [0.1, 0.15) is 32.8 Å². The molecule has 0 unspecified atom stereocenters. The van der Waals surface area contributed by atoms with Crippen LogP contribution in [0, 0.1) is 6.92 Å². The van der Waals surface area contributed by atoms with Crippen LogP contribution in [-0.4, -0.2) is 23.0 Å². The highest BCUT2D eigenvalue weighted by molar-refractivity contribution is 7.22. The second-order valence-electron chi connectivity index (χ2n) is 5.97. The quantitative estimate of drug-likeness (QED) is 0.908. The molecule has 2 N–H and O–H groups in total. The Labute approximate surface area is 123 Å². The third kappa shape index (κ3) is 4.20. The standard InChI is InChI=1S/C15H21N3OS/c1-10-5-6-12-11(9-10)17-14(20-12)16-8-7-13(19)18-15(2,3)4/h5-6,9H,7-8H2,1-4H3,(H,16,17)(H,18,19). The maximum Gasteiger partial charge on any atom is 0.222 e. The number of hydrogen-bond acceptors (Lipinski definition) is 4. The third-order valence-corrected chi connectivity index (χ3v) is 3.68. The number of nitrogens with zero attached hydrogens (tertiary/aromatic N) is 1. The first-order valence-electron chi connectivity index (χ1n) is 6.75. The topological polar surface area (TPSA) is 54.0 Å². The number of hydrogen-bond donors (Lipinski definition) is 2. The van der Waals surface area contributed by atoms with Crippen LogP contribution in [0.15, 0.2) is 18.2 Å². The molecule has 0 bridgehead atoms. The highest BCUT2D eigenvalue weighted by atomic mass is 32.1. The molecule has 0 spiro atoms. The lowest BCUT2D eigenvalue weighted by Gasteiger charge is -2.20. The van der Waals surface area contributed by atoms with Crippen LogP contribution in [-0.2, 0) is 4.79 Å². The lowest BCUT2D eigenvalue weighted by molar-refractivity contribution is -0.122. The number of thiazole rings is 1. The summed E-state index contributed by atoms with van der Waals surface area (Å²) < 4.78 is 1.16. The highest BCUT2D eigenvalue weighted by Crippen LogP contribution is 2.26. The van der Waals surface area contributed by atoms with Gasteiger partial charge in [-0.15, -0.1) is 0 Å². The van der Waals surface area contributed by atoms with Crippen molar-refractivity contribution in [3.8, 4) is 0 Å². The molecular weight excluding hydrogens is 270 g/mol. The minimum absolute atomic E-state index is 0.0574. The van der Waals surface area contributed by atoms with E-state index in [-0.39, 0.29) is 11.4 Å². The van der Waals surface area contributed by atoms with Crippen molar-refractivity contribution < 1.29 is 4.79 Å². The maximum absolute atomic E-state index is 11.7. The van der Waals surface area contributed by atoms with E-state index in [0.29, 0.717) is 13.0 Å². The molecule has 2 aromatic rings. The smallest absolute Gasteiger partial charge is 0.222 e. The number of carbonyl (C=O) groups excluding carboxylic acids is 1. The van der Waals surface area contributed by atoms with Crippen LogP contribution >= 0.6 is 11.3 Å². The van der Waals surface area contributed by atoms with Crippen molar-refractivity contribution in [2.45, 2.75) is 39.7 Å². The van der Waals surface area contributed by atoms with E-state index in [1.165, 1.54) is 5.56 Å². The van der Waals surface area contributed by atoms with Gasteiger partial charge in [0.25, 0.3) is 0 Å². The van der Waals surface area contributed by atoms with Gasteiger partial charge in [-0.25, -0.2) is 4.98 Å². The molecule has 2 rings (SSSR count). The Balaban J connectivity index is 1.88. The van der Waals surface area contributed by atoms with Gasteiger partial charge in [-0.1, -0.05) is 17.4 Å². The van der Waals surface area contributed by atoms with Crippen molar-refractivity contribution in [2.75, 3.05) is 11.9 Å². The average Bonchev–Trinajstić information content (AvgIpc) is 2.68. The molecule has 1 amide bonds. The molecule has 0 fully saturated rings. The van der Waals surface area contributed by atoms with Crippen LogP contribution in [0.3, 0.4) is 0 Å². The molecule has 0 radical (unpaired) electrons. The Morgan fingerprint density at radius 3 is 2.80 bits per heavy atom. The van der Waals surface area contributed by atoms with Crippen molar-refractivity contribution in [3.63, 3.8) is 0 Å². The summed E-state index contributed by atoms with van der Waals surface area (Å²) in [5, 5.41) is 7.03. The molecule has 108 valence electrons. The fourth-order valence-electron chi connectivity index (χ4n) is 1.88. The summed E-state index contributed by atoms with van der Waals surface area (Å²) >= 11 is 1.62. The Hall–Kier alpha value is -1.62. The Bertz CT molecular complexity index is 613. The number of amides is 1. The molecule has 0 aliphatic heterocycles. The molecule has 0 saturated carbocycles. The molecule has 5 heteroatoms. The van der Waals surface area contributed by atoms with Gasteiger partial charge in [0.05, 0.1) is 10.2 Å². The molecule has 0 atom stereocenters. The summed E-state index contributed by atoms with van der Waals surface area (Å²) in [6, 6.07) is 6.24. The summed E-state index contributed by atoms with van der Waals surface area (Å²) in [6.45, 7) is 8.60. The second kappa shape index (κ2) is 5.79. The monoisotopic (exact) mass is 291 g/mol. The summed E-state index contributed by atoms with van der Waals surface area (Å²) in [7, 11) is 0. The number of rotatable bonds is 4. The largest absolute Gasteiger partial charge is 0.361 e. The summed E-state index contributed by atoms with van der Waals surface area (Å²) in [6.07, 6.45) is 0.451. The number of aromatic nitrogens is 1. The predicted molar refractivity (Wildman–Crippen MR) is 85.4 cm³/mol. The number of aryl methyl sites for hydroxylation is 1. The number of fused-ring (bicyclic) bond motifs is 1. The lowest BCUT2D eigenvalue weighted by Crippen LogP contribution is -2.41. The van der Waals surface area contributed by atoms with E-state index in [2.05, 4.69) is 40.7 Å². The fourth-order valence-corrected chi connectivity index (χ4v) is 2.75. The van der Waals surface area contributed by atoms with Gasteiger partial charge >= 0.3 is 0 Å². The highest BCUT2D eigenvalue weighted by Gasteiger charge is 2.13. The molecular formula is C15H21N3OS. The summed E-state index contributed by atoms with van der Waals surface area (Å²) in [5.74, 6) is 0.0574. The number of anilines is 1. The first-order valence-corrected chi connectivity index (χ1v) is 7.57. The minimum atomic E-state index is -0.176. The van der Waals surface area contributed by atoms with E-state index in [0.717, 1.165) is 15.3 Å². The van der Waals surface area contributed by atoms with Crippen LogP contribution in [0.5, 0.6) is 0 Å². The number of nitrogens with one attached hydrogen (secondary N) is 2. The van der Waals surface area contributed by atoms with E-state index in [1.54, 1.807) is 11.3 Å². The zero-order valence-corrected chi connectivity index (χ0v) is 13.2. The number of benzene rings is 1. The summed E-state index contributed by atoms with van der Waals surface area (Å²) in [4.78, 5) is 16.2. The molecule has 4 nitrogen and oxygen atoms in total. The Kier molecular flexibility index (Phi) is 4.28. The van der Waals surface area contributed by atoms with Gasteiger partial charge in [0.2, 0.25) is 5.91 Å². The van der Waals surface area contributed by atoms with E-state index in [1.807, 2.05) is 20.8 Å². The van der Waals surface area contributed by atoms with E-state index >= 15 is 0 Å². The third-order valence-electron chi connectivity index (χ3n) is 2.69. The van der Waals surface area contributed by atoms with Gasteiger partial charge in [-0.2, -0.15) is 0 Å². The van der Waals surface area contributed by atoms with E-state index in [4.69, 9.17) is 0 Å². The molecule has 1 heterocycles. The Morgan fingerprint density at radius 1 is 1.35 bits per heavy atom. The maximum atomic E-state index is 11.7. The average molecular weight is 291 g/mol. The zero-order valence-electron chi connectivity index (χ0n) is 12.4. The van der Waals surface area contributed by atoms with E-state index in [9.17, 15) is 4.79 Å². The zero-order chi connectivity index (χ0) is 14.8. The first-order chi connectivity index (χ1) is 9.33. The van der Waals surface area contributed by atoms with Gasteiger partial charge in [-0.3, -0.25) is 4.79 Å². The van der Waals surface area contributed by atoms with Crippen LogP contribution in [0.25, 0.3) is 10.2 Å². The van der Waals surface area contributed by atoms with Crippen LogP contribution < -0.4 is 10.6 Å². The van der Waals surface area contributed by atoms with Crippen molar-refractivity contribution in [1.29, 1.82) is 0 Å².